The quantitative estimate of drug-likeness (QED) is 0.546. The van der Waals surface area contributed by atoms with Gasteiger partial charge in [0, 0.05) is 18.8 Å². The summed E-state index contributed by atoms with van der Waals surface area (Å²) in [4.78, 5) is 13.8. The van der Waals surface area contributed by atoms with E-state index in [0.717, 1.165) is 43.6 Å². The van der Waals surface area contributed by atoms with Crippen molar-refractivity contribution >= 4 is 5.97 Å². The molecule has 116 valence electrons. The minimum absolute atomic E-state index is 0.00484. The van der Waals surface area contributed by atoms with Crippen molar-refractivity contribution in [1.29, 1.82) is 0 Å². The van der Waals surface area contributed by atoms with Crippen molar-refractivity contribution in [2.75, 3.05) is 7.11 Å². The molecule has 0 aromatic rings. The van der Waals surface area contributed by atoms with Gasteiger partial charge in [0.05, 0.1) is 24.3 Å². The highest BCUT2D eigenvalue weighted by Crippen LogP contribution is 2.59. The molecule has 2 fully saturated rings. The molecule has 0 radical (unpaired) electrons. The van der Waals surface area contributed by atoms with Crippen LogP contribution < -0.4 is 0 Å². The number of carbonyl (C=O) groups is 1. The van der Waals surface area contributed by atoms with Crippen LogP contribution in [0.2, 0.25) is 0 Å². The van der Waals surface area contributed by atoms with Crippen LogP contribution in [-0.4, -0.2) is 18.0 Å². The molecule has 0 aromatic carbocycles. The molecule has 0 amide bonds. The molecule has 1 saturated heterocycles. The van der Waals surface area contributed by atoms with Gasteiger partial charge in [0.1, 0.15) is 11.5 Å². The highest BCUT2D eigenvalue weighted by Gasteiger charge is 2.51. The maximum atomic E-state index is 11.6. The molecule has 22 heavy (non-hydrogen) atoms. The van der Waals surface area contributed by atoms with Gasteiger partial charge in [-0.2, -0.15) is 0 Å². The van der Waals surface area contributed by atoms with E-state index >= 15 is 0 Å². The SMILES string of the molecule is COC(=O)/C=C1\CC23CCCCC2=CN2C=CCCC2=C3O1. The van der Waals surface area contributed by atoms with Crippen molar-refractivity contribution in [2.45, 2.75) is 44.9 Å². The van der Waals surface area contributed by atoms with Gasteiger partial charge in [-0.05, 0) is 37.7 Å². The first-order valence-corrected chi connectivity index (χ1v) is 8.09. The normalized spacial score (nSPS) is 31.2. The topological polar surface area (TPSA) is 38.8 Å². The van der Waals surface area contributed by atoms with Crippen molar-refractivity contribution in [1.82, 2.24) is 4.90 Å². The summed E-state index contributed by atoms with van der Waals surface area (Å²) in [7, 11) is 1.40. The fraction of sp³-hybridized carbons (Fsp3) is 0.500. The Kier molecular flexibility index (Phi) is 3.13. The minimum atomic E-state index is -0.336. The van der Waals surface area contributed by atoms with Gasteiger partial charge >= 0.3 is 5.97 Å². The van der Waals surface area contributed by atoms with E-state index in [0.29, 0.717) is 0 Å². The molecular weight excluding hydrogens is 278 g/mol. The summed E-state index contributed by atoms with van der Waals surface area (Å²) in [5, 5.41) is 0. The van der Waals surface area contributed by atoms with E-state index in [1.54, 1.807) is 0 Å². The van der Waals surface area contributed by atoms with Crippen LogP contribution in [0.4, 0.5) is 0 Å². The molecule has 0 bridgehead atoms. The third kappa shape index (κ3) is 1.93. The highest BCUT2D eigenvalue weighted by molar-refractivity contribution is 5.82. The summed E-state index contributed by atoms with van der Waals surface area (Å²) in [5.74, 6) is 1.50. The summed E-state index contributed by atoms with van der Waals surface area (Å²) in [6, 6.07) is 0. The second-order valence-corrected chi connectivity index (χ2v) is 6.46. The Morgan fingerprint density at radius 1 is 1.41 bits per heavy atom. The molecule has 4 heteroatoms. The number of nitrogens with zero attached hydrogens (tertiary/aromatic N) is 1. The summed E-state index contributed by atoms with van der Waals surface area (Å²) in [5.41, 5.74) is 2.72. The fourth-order valence-electron chi connectivity index (χ4n) is 4.19. The number of carbonyl (C=O) groups excluding carboxylic acids is 1. The molecule has 3 heterocycles. The third-order valence-corrected chi connectivity index (χ3v) is 5.22. The van der Waals surface area contributed by atoms with E-state index in [1.165, 1.54) is 37.3 Å². The molecule has 1 aliphatic carbocycles. The smallest absolute Gasteiger partial charge is 0.333 e. The number of methoxy groups -OCH3 is 1. The largest absolute Gasteiger partial charge is 0.466 e. The number of ether oxygens (including phenoxy) is 2. The van der Waals surface area contributed by atoms with Crippen LogP contribution >= 0.6 is 0 Å². The van der Waals surface area contributed by atoms with Gasteiger partial charge in [-0.1, -0.05) is 12.5 Å². The van der Waals surface area contributed by atoms with Crippen LogP contribution in [0.3, 0.4) is 0 Å². The zero-order chi connectivity index (χ0) is 15.2. The van der Waals surface area contributed by atoms with E-state index in [1.807, 2.05) is 0 Å². The van der Waals surface area contributed by atoms with Gasteiger partial charge in [-0.3, -0.25) is 0 Å². The fourth-order valence-corrected chi connectivity index (χ4v) is 4.19. The average Bonchev–Trinajstić information content (AvgIpc) is 2.90. The summed E-state index contributed by atoms with van der Waals surface area (Å²) in [6.07, 6.45) is 15.7. The summed E-state index contributed by atoms with van der Waals surface area (Å²) >= 11 is 0. The number of hydrogen-bond acceptors (Lipinski definition) is 4. The van der Waals surface area contributed by atoms with Crippen LogP contribution in [0.1, 0.15) is 44.9 Å². The van der Waals surface area contributed by atoms with Crippen LogP contribution in [-0.2, 0) is 14.3 Å². The molecule has 1 atom stereocenters. The van der Waals surface area contributed by atoms with Gasteiger partial charge in [0.15, 0.2) is 0 Å². The lowest BCUT2D eigenvalue weighted by Crippen LogP contribution is -2.34. The van der Waals surface area contributed by atoms with Crippen LogP contribution in [0, 0.1) is 5.41 Å². The Labute approximate surface area is 130 Å². The Morgan fingerprint density at radius 2 is 2.32 bits per heavy atom. The predicted octanol–water partition coefficient (Wildman–Crippen LogP) is 3.74. The zero-order valence-electron chi connectivity index (χ0n) is 12.9. The molecule has 4 aliphatic rings. The summed E-state index contributed by atoms with van der Waals surface area (Å²) in [6.45, 7) is 0. The maximum Gasteiger partial charge on any atom is 0.333 e. The molecule has 1 spiro atoms. The molecule has 4 nitrogen and oxygen atoms in total. The third-order valence-electron chi connectivity index (χ3n) is 5.22. The monoisotopic (exact) mass is 299 g/mol. The minimum Gasteiger partial charge on any atom is -0.466 e. The number of hydrogen-bond donors (Lipinski definition) is 0. The van der Waals surface area contributed by atoms with E-state index in [9.17, 15) is 4.79 Å². The Bertz CT molecular complexity index is 641. The van der Waals surface area contributed by atoms with Crippen LogP contribution in [0.5, 0.6) is 0 Å². The van der Waals surface area contributed by atoms with Crippen molar-refractivity contribution in [2.24, 2.45) is 5.41 Å². The van der Waals surface area contributed by atoms with Gasteiger partial charge < -0.3 is 14.4 Å². The van der Waals surface area contributed by atoms with E-state index < -0.39 is 0 Å². The van der Waals surface area contributed by atoms with Gasteiger partial charge in [0.25, 0.3) is 0 Å². The van der Waals surface area contributed by atoms with Gasteiger partial charge in [0.2, 0.25) is 0 Å². The second kappa shape index (κ2) is 5.04. The molecule has 4 rings (SSSR count). The molecular formula is C18H21NO3. The number of rotatable bonds is 1. The first kappa shape index (κ1) is 13.7. The first-order chi connectivity index (χ1) is 10.7. The lowest BCUT2D eigenvalue weighted by molar-refractivity contribution is -0.135. The van der Waals surface area contributed by atoms with Crippen molar-refractivity contribution in [3.63, 3.8) is 0 Å². The lowest BCUT2D eigenvalue weighted by Gasteiger charge is -2.42. The predicted molar refractivity (Wildman–Crippen MR) is 82.0 cm³/mol. The summed E-state index contributed by atoms with van der Waals surface area (Å²) < 4.78 is 10.9. The zero-order valence-corrected chi connectivity index (χ0v) is 12.9. The number of fused-ring (bicyclic) bond motifs is 1. The standard InChI is InChI=1S/C18H21NO3/c1-21-16(20)10-14-11-18-8-4-2-6-13(18)12-19-9-5-3-7-15(19)17(18)22-14/h5,9-10,12H,2-4,6-8,11H2,1H3/b14-10+. The van der Waals surface area contributed by atoms with Gasteiger partial charge in [-0.15, -0.1) is 0 Å². The van der Waals surface area contributed by atoms with Crippen molar-refractivity contribution < 1.29 is 14.3 Å². The van der Waals surface area contributed by atoms with Crippen LogP contribution in [0.25, 0.3) is 0 Å². The Balaban J connectivity index is 1.80. The Hall–Kier alpha value is -1.97. The lowest BCUT2D eigenvalue weighted by atomic mass is 9.66. The Morgan fingerprint density at radius 3 is 3.18 bits per heavy atom. The highest BCUT2D eigenvalue weighted by atomic mass is 16.5. The first-order valence-electron chi connectivity index (χ1n) is 8.09. The van der Waals surface area contributed by atoms with E-state index in [4.69, 9.17) is 9.47 Å². The molecule has 1 saturated carbocycles. The van der Waals surface area contributed by atoms with Crippen molar-refractivity contribution in [3.05, 3.63) is 47.3 Å². The van der Waals surface area contributed by atoms with E-state index in [2.05, 4.69) is 23.4 Å². The molecule has 1 unspecified atom stereocenters. The molecule has 0 aromatic heterocycles. The second-order valence-electron chi connectivity index (χ2n) is 6.46. The van der Waals surface area contributed by atoms with E-state index in [-0.39, 0.29) is 11.4 Å². The van der Waals surface area contributed by atoms with Crippen molar-refractivity contribution in [3.8, 4) is 0 Å². The van der Waals surface area contributed by atoms with Crippen LogP contribution in [0.15, 0.2) is 47.3 Å². The average molecular weight is 299 g/mol. The molecule has 0 N–H and O–H groups in total. The van der Waals surface area contributed by atoms with Gasteiger partial charge in [-0.25, -0.2) is 4.79 Å². The maximum absolute atomic E-state index is 11.6. The molecule has 3 aliphatic heterocycles. The number of allylic oxidation sites excluding steroid dienone is 4. The number of esters is 1.